The van der Waals surface area contributed by atoms with Crippen LogP contribution in [-0.4, -0.2) is 57.1 Å². The maximum absolute atomic E-state index is 5.59. The molecule has 0 atom stereocenters. The number of benzene rings is 1. The van der Waals surface area contributed by atoms with E-state index in [2.05, 4.69) is 43.1 Å². The first kappa shape index (κ1) is 20.0. The molecular formula is C20H26N8O2. The molecule has 10 nitrogen and oxygen atoms in total. The maximum Gasteiger partial charge on any atom is 0.204 e. The number of imidazole rings is 1. The number of amidine groups is 1. The molecule has 0 saturated carbocycles. The number of aliphatic imine (C=N–C) groups is 1. The number of hydrogen-bond acceptors (Lipinski definition) is 7. The predicted molar refractivity (Wildman–Crippen MR) is 112 cm³/mol. The molecule has 3 heterocycles. The van der Waals surface area contributed by atoms with Crippen molar-refractivity contribution < 1.29 is 9.57 Å². The lowest BCUT2D eigenvalue weighted by Gasteiger charge is -2.42. The molecule has 4 rings (SSSR count). The number of aromatic nitrogens is 5. The first-order valence-corrected chi connectivity index (χ1v) is 9.69. The third kappa shape index (κ3) is 4.05. The number of hydrogen-bond donors (Lipinski definition) is 2. The number of anilines is 1. The summed E-state index contributed by atoms with van der Waals surface area (Å²) in [5.74, 6) is 2.31. The van der Waals surface area contributed by atoms with Crippen LogP contribution in [0.5, 0.6) is 0 Å². The van der Waals surface area contributed by atoms with E-state index in [4.69, 9.17) is 9.57 Å². The molecule has 1 aliphatic heterocycles. The lowest BCUT2D eigenvalue weighted by atomic mass is 9.75. The molecule has 158 valence electrons. The van der Waals surface area contributed by atoms with Crippen molar-refractivity contribution >= 4 is 11.8 Å². The molecule has 2 N–H and O–H groups in total. The van der Waals surface area contributed by atoms with Crippen LogP contribution in [0.25, 0.3) is 0 Å². The van der Waals surface area contributed by atoms with E-state index in [0.29, 0.717) is 19.0 Å². The Balaban J connectivity index is 1.43. The zero-order valence-corrected chi connectivity index (χ0v) is 17.4. The van der Waals surface area contributed by atoms with E-state index < -0.39 is 0 Å². The molecule has 0 bridgehead atoms. The van der Waals surface area contributed by atoms with Crippen LogP contribution in [0.3, 0.4) is 0 Å². The van der Waals surface area contributed by atoms with Crippen LogP contribution in [0.4, 0.5) is 5.95 Å². The van der Waals surface area contributed by atoms with Crippen molar-refractivity contribution in [3.05, 3.63) is 59.9 Å². The monoisotopic (exact) mass is 410 g/mol. The largest absolute Gasteiger partial charge is 0.379 e. The molecule has 10 heteroatoms. The Morgan fingerprint density at radius 3 is 2.80 bits per heavy atom. The molecule has 0 unspecified atom stereocenters. The molecule has 1 saturated heterocycles. The molecule has 1 aliphatic rings. The number of hydroxylamine groups is 1. The topological polar surface area (TPSA) is 103 Å². The van der Waals surface area contributed by atoms with Gasteiger partial charge in [-0.1, -0.05) is 18.2 Å². The van der Waals surface area contributed by atoms with Crippen LogP contribution in [0.2, 0.25) is 0 Å². The van der Waals surface area contributed by atoms with Crippen molar-refractivity contribution in [3.8, 4) is 0 Å². The van der Waals surface area contributed by atoms with Crippen LogP contribution in [0.1, 0.15) is 17.0 Å². The van der Waals surface area contributed by atoms with Gasteiger partial charge in [-0.05, 0) is 11.6 Å². The fraction of sp³-hybridized carbons (Fsp3) is 0.400. The molecule has 2 aromatic heterocycles. The summed E-state index contributed by atoms with van der Waals surface area (Å²) in [6.45, 7) is 1.55. The average Bonchev–Trinajstić information content (AvgIpc) is 3.32. The van der Waals surface area contributed by atoms with E-state index in [1.807, 2.05) is 41.6 Å². The second kappa shape index (κ2) is 8.64. The first-order valence-electron chi connectivity index (χ1n) is 9.69. The smallest absolute Gasteiger partial charge is 0.204 e. The van der Waals surface area contributed by atoms with Gasteiger partial charge >= 0.3 is 0 Å². The molecule has 30 heavy (non-hydrogen) atoms. The summed E-state index contributed by atoms with van der Waals surface area (Å²) in [5.41, 5.74) is 4.94. The summed E-state index contributed by atoms with van der Waals surface area (Å²) < 4.78 is 9.41. The Kier molecular flexibility index (Phi) is 5.77. The molecule has 0 spiro atoms. The Hall–Kier alpha value is -3.24. The van der Waals surface area contributed by atoms with Gasteiger partial charge in [0.05, 0.1) is 13.2 Å². The minimum absolute atomic E-state index is 0.115. The fourth-order valence-corrected chi connectivity index (χ4v) is 3.46. The predicted octanol–water partition coefficient (Wildman–Crippen LogP) is 1.03. The van der Waals surface area contributed by atoms with Crippen LogP contribution in [0, 0.1) is 0 Å². The van der Waals surface area contributed by atoms with Gasteiger partial charge in [0.25, 0.3) is 0 Å². The van der Waals surface area contributed by atoms with Gasteiger partial charge in [-0.3, -0.25) is 9.83 Å². The lowest BCUT2D eigenvalue weighted by Crippen LogP contribution is -2.49. The van der Waals surface area contributed by atoms with Gasteiger partial charge in [0.2, 0.25) is 5.95 Å². The minimum Gasteiger partial charge on any atom is -0.379 e. The van der Waals surface area contributed by atoms with Crippen molar-refractivity contribution in [2.24, 2.45) is 19.1 Å². The van der Waals surface area contributed by atoms with Gasteiger partial charge in [-0.15, -0.1) is 10.2 Å². The first-order chi connectivity index (χ1) is 14.6. The maximum atomic E-state index is 5.59. The zero-order chi connectivity index (χ0) is 21.0. The van der Waals surface area contributed by atoms with Crippen LogP contribution < -0.4 is 10.8 Å². The highest BCUT2D eigenvalue weighted by Crippen LogP contribution is 2.35. The summed E-state index contributed by atoms with van der Waals surface area (Å²) in [6.07, 6.45) is 6.08. The third-order valence-electron chi connectivity index (χ3n) is 5.32. The number of rotatable bonds is 8. The number of nitrogens with zero attached hydrogens (tertiary/aromatic N) is 6. The van der Waals surface area contributed by atoms with E-state index >= 15 is 0 Å². The average molecular weight is 410 g/mol. The summed E-state index contributed by atoms with van der Waals surface area (Å²) >= 11 is 0. The number of nitrogens with one attached hydrogen (secondary N) is 2. The fourth-order valence-electron chi connectivity index (χ4n) is 3.46. The van der Waals surface area contributed by atoms with Crippen molar-refractivity contribution in [3.63, 3.8) is 0 Å². The van der Waals surface area contributed by atoms with E-state index in [-0.39, 0.29) is 12.1 Å². The molecule has 0 amide bonds. The lowest BCUT2D eigenvalue weighted by molar-refractivity contribution is -0.0611. The Bertz CT molecular complexity index is 1020. The molecule has 3 aromatic rings. The normalized spacial score (nSPS) is 15.6. The quantitative estimate of drug-likeness (QED) is 0.188. The Morgan fingerprint density at radius 1 is 1.30 bits per heavy atom. The van der Waals surface area contributed by atoms with Crippen LogP contribution in [0.15, 0.2) is 48.0 Å². The summed E-state index contributed by atoms with van der Waals surface area (Å²) in [6, 6.07) is 8.28. The van der Waals surface area contributed by atoms with E-state index in [9.17, 15) is 0 Å². The van der Waals surface area contributed by atoms with Crippen molar-refractivity contribution in [1.29, 1.82) is 0 Å². The van der Waals surface area contributed by atoms with Gasteiger partial charge in [-0.2, -0.15) is 0 Å². The minimum atomic E-state index is -0.115. The van der Waals surface area contributed by atoms with Crippen molar-refractivity contribution in [2.45, 2.75) is 11.8 Å². The number of ether oxygens (including phenoxy) is 1. The van der Waals surface area contributed by atoms with Crippen LogP contribution >= 0.6 is 0 Å². The SMILES string of the molecule is C/N=C(\NOCNc1nccn1C)c1cccc(C2(Cc3nncn3C)COC2)c1. The zero-order valence-electron chi connectivity index (χ0n) is 17.4. The van der Waals surface area contributed by atoms with Gasteiger partial charge in [-0.25, -0.2) is 10.5 Å². The van der Waals surface area contributed by atoms with Gasteiger partial charge in [0, 0.05) is 50.9 Å². The van der Waals surface area contributed by atoms with Gasteiger partial charge in [0.15, 0.2) is 5.84 Å². The van der Waals surface area contributed by atoms with E-state index in [1.165, 1.54) is 5.56 Å². The van der Waals surface area contributed by atoms with Crippen molar-refractivity contribution in [2.75, 3.05) is 32.3 Å². The Labute approximate surface area is 174 Å². The summed E-state index contributed by atoms with van der Waals surface area (Å²) in [5, 5.41) is 11.3. The highest BCUT2D eigenvalue weighted by atomic mass is 16.7. The third-order valence-corrected chi connectivity index (χ3v) is 5.32. The van der Waals surface area contributed by atoms with E-state index in [1.54, 1.807) is 19.6 Å². The Morgan fingerprint density at radius 2 is 2.17 bits per heavy atom. The molecule has 0 aliphatic carbocycles. The number of aryl methyl sites for hydroxylation is 2. The standard InChI is InChI=1S/C20H26N8O2/c1-21-18(26-30-14-23-19-22-7-8-27(19)2)15-5-4-6-16(9-15)20(11-29-12-20)10-17-25-24-13-28(17)3/h4-9,13H,10-12,14H2,1-3H3,(H,21,26)(H,22,23). The molecule has 1 fully saturated rings. The highest BCUT2D eigenvalue weighted by Gasteiger charge is 2.41. The molecule has 1 aromatic carbocycles. The molecular weight excluding hydrogens is 384 g/mol. The van der Waals surface area contributed by atoms with Crippen molar-refractivity contribution in [1.82, 2.24) is 29.8 Å². The van der Waals surface area contributed by atoms with Gasteiger partial charge < -0.3 is 19.2 Å². The van der Waals surface area contributed by atoms with E-state index in [0.717, 1.165) is 23.8 Å². The second-order valence-electron chi connectivity index (χ2n) is 7.39. The molecule has 0 radical (unpaired) electrons. The highest BCUT2D eigenvalue weighted by molar-refractivity contribution is 5.98. The van der Waals surface area contributed by atoms with Gasteiger partial charge in [0.1, 0.15) is 18.9 Å². The summed E-state index contributed by atoms with van der Waals surface area (Å²) in [7, 11) is 5.60. The second-order valence-corrected chi connectivity index (χ2v) is 7.39. The summed E-state index contributed by atoms with van der Waals surface area (Å²) in [4.78, 5) is 14.1. The van der Waals surface area contributed by atoms with Crippen LogP contribution in [-0.2, 0) is 35.5 Å².